The molecule has 0 radical (unpaired) electrons. The molecule has 0 atom stereocenters. The molecule has 2 rings (SSSR count). The summed E-state index contributed by atoms with van der Waals surface area (Å²) in [4.78, 5) is 11.8. The van der Waals surface area contributed by atoms with Gasteiger partial charge in [0.05, 0.1) is 5.69 Å². The van der Waals surface area contributed by atoms with Crippen molar-refractivity contribution >= 4 is 5.91 Å². The molecule has 0 aliphatic carbocycles. The molecule has 0 fully saturated rings. The molecule has 0 saturated carbocycles. The number of rotatable bonds is 3. The summed E-state index contributed by atoms with van der Waals surface area (Å²) in [5.74, 6) is -0.150. The summed E-state index contributed by atoms with van der Waals surface area (Å²) in [7, 11) is 0. The Labute approximate surface area is 104 Å². The lowest BCUT2D eigenvalue weighted by atomic mass is 10.3. The molecule has 0 spiro atoms. The van der Waals surface area contributed by atoms with E-state index >= 15 is 0 Å². The molecule has 1 aromatic heterocycles. The van der Waals surface area contributed by atoms with Gasteiger partial charge in [0.25, 0.3) is 5.91 Å². The number of aryl methyl sites for hydroxylation is 2. The van der Waals surface area contributed by atoms with Crippen LogP contribution < -0.4 is 4.74 Å². The van der Waals surface area contributed by atoms with Crippen LogP contribution >= 0.6 is 0 Å². The molecule has 1 heterocycles. The molecule has 2 aromatic rings. The van der Waals surface area contributed by atoms with Crippen molar-refractivity contribution in [3.63, 3.8) is 0 Å². The van der Waals surface area contributed by atoms with E-state index in [9.17, 15) is 9.18 Å². The number of aromatic nitrogens is 2. The van der Waals surface area contributed by atoms with Gasteiger partial charge < -0.3 is 4.74 Å². The van der Waals surface area contributed by atoms with E-state index in [-0.39, 0.29) is 18.3 Å². The number of ether oxygens (including phenoxy) is 1. The summed E-state index contributed by atoms with van der Waals surface area (Å²) in [6.45, 7) is 3.49. The highest BCUT2D eigenvalue weighted by molar-refractivity contribution is 5.80. The lowest BCUT2D eigenvalue weighted by molar-refractivity contribution is 0.0818. The summed E-state index contributed by atoms with van der Waals surface area (Å²) in [5.41, 5.74) is 1.54. The maximum Gasteiger partial charge on any atom is 0.284 e. The maximum atomic E-state index is 12.7. The molecular formula is C13H13FN2O2. The molecule has 0 saturated heterocycles. The van der Waals surface area contributed by atoms with Gasteiger partial charge >= 0.3 is 0 Å². The molecule has 18 heavy (non-hydrogen) atoms. The lowest BCUT2D eigenvalue weighted by Gasteiger charge is -2.06. The summed E-state index contributed by atoms with van der Waals surface area (Å²) < 4.78 is 19.2. The normalized spacial score (nSPS) is 10.4. The number of benzene rings is 1. The van der Waals surface area contributed by atoms with Crippen molar-refractivity contribution in [2.24, 2.45) is 0 Å². The van der Waals surface area contributed by atoms with E-state index in [1.165, 1.54) is 28.9 Å². The fourth-order valence-corrected chi connectivity index (χ4v) is 1.62. The first-order valence-electron chi connectivity index (χ1n) is 5.51. The van der Waals surface area contributed by atoms with Gasteiger partial charge in [-0.25, -0.2) is 9.07 Å². The zero-order valence-corrected chi connectivity index (χ0v) is 10.2. The Hall–Kier alpha value is -2.17. The number of carbonyl (C=O) groups excluding carboxylic acids is 1. The number of carbonyl (C=O) groups is 1. The Kier molecular flexibility index (Phi) is 3.41. The van der Waals surface area contributed by atoms with E-state index in [0.29, 0.717) is 5.75 Å². The molecule has 0 N–H and O–H groups in total. The van der Waals surface area contributed by atoms with Crippen molar-refractivity contribution in [3.8, 4) is 5.75 Å². The van der Waals surface area contributed by atoms with Gasteiger partial charge in [-0.3, -0.25) is 4.79 Å². The van der Waals surface area contributed by atoms with Crippen molar-refractivity contribution in [1.82, 2.24) is 9.78 Å². The number of nitrogens with zero attached hydrogens (tertiary/aromatic N) is 2. The minimum absolute atomic E-state index is 0.131. The van der Waals surface area contributed by atoms with Crippen LogP contribution in [0.5, 0.6) is 5.75 Å². The highest BCUT2D eigenvalue weighted by atomic mass is 19.1. The molecule has 1 aromatic carbocycles. The Morgan fingerprint density at radius 1 is 1.33 bits per heavy atom. The van der Waals surface area contributed by atoms with Crippen LogP contribution in [0.3, 0.4) is 0 Å². The Balaban J connectivity index is 2.00. The van der Waals surface area contributed by atoms with Crippen molar-refractivity contribution in [1.29, 1.82) is 0 Å². The zero-order chi connectivity index (χ0) is 13.1. The number of hydrogen-bond donors (Lipinski definition) is 0. The number of halogens is 1. The van der Waals surface area contributed by atoms with E-state index in [1.54, 1.807) is 6.92 Å². The van der Waals surface area contributed by atoms with Crippen molar-refractivity contribution in [2.75, 3.05) is 6.61 Å². The Morgan fingerprint density at radius 3 is 2.56 bits per heavy atom. The predicted molar refractivity (Wildman–Crippen MR) is 64.2 cm³/mol. The zero-order valence-electron chi connectivity index (χ0n) is 10.2. The maximum absolute atomic E-state index is 12.7. The smallest absolute Gasteiger partial charge is 0.284 e. The van der Waals surface area contributed by atoms with Crippen LogP contribution in [0.4, 0.5) is 4.39 Å². The average molecular weight is 248 g/mol. The highest BCUT2D eigenvalue weighted by Gasteiger charge is 2.10. The monoisotopic (exact) mass is 248 g/mol. The third-order valence-electron chi connectivity index (χ3n) is 2.42. The molecule has 0 bridgehead atoms. The summed E-state index contributed by atoms with van der Waals surface area (Å²) in [5, 5.41) is 4.06. The number of hydrogen-bond acceptors (Lipinski definition) is 3. The van der Waals surface area contributed by atoms with Crippen LogP contribution in [0.25, 0.3) is 0 Å². The molecule has 5 heteroatoms. The van der Waals surface area contributed by atoms with Gasteiger partial charge in [0, 0.05) is 5.69 Å². The van der Waals surface area contributed by atoms with E-state index in [2.05, 4.69) is 5.10 Å². The van der Waals surface area contributed by atoms with Crippen LogP contribution in [0.2, 0.25) is 0 Å². The van der Waals surface area contributed by atoms with Crippen LogP contribution in [0.15, 0.2) is 30.3 Å². The van der Waals surface area contributed by atoms with Gasteiger partial charge in [-0.1, -0.05) is 0 Å². The Morgan fingerprint density at radius 2 is 2.00 bits per heavy atom. The quantitative estimate of drug-likeness (QED) is 0.837. The highest BCUT2D eigenvalue weighted by Crippen LogP contribution is 2.11. The first-order valence-corrected chi connectivity index (χ1v) is 5.51. The third kappa shape index (κ3) is 2.74. The van der Waals surface area contributed by atoms with Crippen LogP contribution in [0.1, 0.15) is 16.2 Å². The van der Waals surface area contributed by atoms with E-state index in [1.807, 2.05) is 13.0 Å². The van der Waals surface area contributed by atoms with Gasteiger partial charge in [0.15, 0.2) is 6.61 Å². The predicted octanol–water partition coefficient (Wildman–Crippen LogP) is 2.36. The van der Waals surface area contributed by atoms with Gasteiger partial charge in [-0.15, -0.1) is 0 Å². The molecule has 0 unspecified atom stereocenters. The second-order valence-corrected chi connectivity index (χ2v) is 3.98. The summed E-state index contributed by atoms with van der Waals surface area (Å²) in [6.07, 6.45) is 0. The van der Waals surface area contributed by atoms with Gasteiger partial charge in [-0.2, -0.15) is 5.10 Å². The fraction of sp³-hybridized carbons (Fsp3) is 0.231. The first-order chi connectivity index (χ1) is 8.56. The second kappa shape index (κ2) is 5.00. The largest absolute Gasteiger partial charge is 0.484 e. The molecule has 0 aliphatic rings. The minimum Gasteiger partial charge on any atom is -0.484 e. The average Bonchev–Trinajstić information content (AvgIpc) is 2.67. The van der Waals surface area contributed by atoms with E-state index in [4.69, 9.17) is 4.74 Å². The van der Waals surface area contributed by atoms with Crippen molar-refractivity contribution in [3.05, 3.63) is 47.5 Å². The van der Waals surface area contributed by atoms with Gasteiger partial charge in [0.2, 0.25) is 0 Å². The van der Waals surface area contributed by atoms with Crippen LogP contribution in [0, 0.1) is 19.7 Å². The van der Waals surface area contributed by atoms with Gasteiger partial charge in [-0.05, 0) is 44.2 Å². The fourth-order valence-electron chi connectivity index (χ4n) is 1.62. The molecule has 0 amide bonds. The van der Waals surface area contributed by atoms with Crippen LogP contribution in [-0.4, -0.2) is 22.3 Å². The molecule has 94 valence electrons. The molecule has 4 nitrogen and oxygen atoms in total. The Bertz CT molecular complexity index is 561. The lowest BCUT2D eigenvalue weighted by Crippen LogP contribution is -2.21. The molecular weight excluding hydrogens is 235 g/mol. The van der Waals surface area contributed by atoms with E-state index in [0.717, 1.165) is 11.4 Å². The van der Waals surface area contributed by atoms with Crippen molar-refractivity contribution < 1.29 is 13.9 Å². The van der Waals surface area contributed by atoms with Crippen LogP contribution in [-0.2, 0) is 0 Å². The topological polar surface area (TPSA) is 44.1 Å². The summed E-state index contributed by atoms with van der Waals surface area (Å²) in [6, 6.07) is 7.33. The van der Waals surface area contributed by atoms with E-state index < -0.39 is 0 Å². The summed E-state index contributed by atoms with van der Waals surface area (Å²) >= 11 is 0. The third-order valence-corrected chi connectivity index (χ3v) is 2.42. The standard InChI is InChI=1S/C13H13FN2O2/c1-9-7-10(2)16(15-9)13(17)8-18-12-5-3-11(14)4-6-12/h3-7H,8H2,1-2H3. The van der Waals surface area contributed by atoms with Crippen molar-refractivity contribution in [2.45, 2.75) is 13.8 Å². The SMILES string of the molecule is Cc1cc(C)n(C(=O)COc2ccc(F)cc2)n1. The second-order valence-electron chi connectivity index (χ2n) is 3.98. The minimum atomic E-state index is -0.341. The molecule has 0 aliphatic heterocycles. The van der Waals surface area contributed by atoms with Gasteiger partial charge in [0.1, 0.15) is 11.6 Å². The first kappa shape index (κ1) is 12.3.